The molecule has 1 N–H and O–H groups in total. The molecule has 0 fully saturated rings. The minimum Gasteiger partial charge on any atom is -0.497 e. The van der Waals surface area contributed by atoms with Crippen LogP contribution in [-0.2, 0) is 16.1 Å². The molecular formula is C25H28N6O5. The summed E-state index contributed by atoms with van der Waals surface area (Å²) in [5, 5.41) is 15.2. The van der Waals surface area contributed by atoms with Crippen molar-refractivity contribution in [3.8, 4) is 17.3 Å². The molecule has 188 valence electrons. The van der Waals surface area contributed by atoms with Crippen LogP contribution in [0.5, 0.6) is 5.75 Å². The van der Waals surface area contributed by atoms with E-state index in [1.54, 1.807) is 55.5 Å². The van der Waals surface area contributed by atoms with Crippen molar-refractivity contribution in [1.82, 2.24) is 25.5 Å². The summed E-state index contributed by atoms with van der Waals surface area (Å²) in [6, 6.07) is 12.6. The molecule has 36 heavy (non-hydrogen) atoms. The van der Waals surface area contributed by atoms with Crippen LogP contribution in [0.15, 0.2) is 63.6 Å². The Kier molecular flexibility index (Phi) is 6.91. The monoisotopic (exact) mass is 492 g/mol. The fourth-order valence-electron chi connectivity index (χ4n) is 3.62. The first-order valence-electron chi connectivity index (χ1n) is 11.3. The molecule has 4 rings (SSSR count). The number of carbonyl (C=O) groups excluding carboxylic acids is 2. The van der Waals surface area contributed by atoms with E-state index in [1.807, 2.05) is 20.8 Å². The third kappa shape index (κ3) is 5.62. The summed E-state index contributed by atoms with van der Waals surface area (Å²) in [6.45, 7) is 7.10. The van der Waals surface area contributed by atoms with Crippen LogP contribution >= 0.6 is 0 Å². The zero-order valence-corrected chi connectivity index (χ0v) is 20.8. The summed E-state index contributed by atoms with van der Waals surface area (Å²) >= 11 is 0. The summed E-state index contributed by atoms with van der Waals surface area (Å²) in [6.07, 6.45) is 1.46. The highest BCUT2D eigenvalue weighted by Crippen LogP contribution is 2.31. The number of hydrogen-bond donors (Lipinski definition) is 1. The highest BCUT2D eigenvalue weighted by atomic mass is 16.5. The molecule has 0 saturated heterocycles. The first-order valence-corrected chi connectivity index (χ1v) is 11.3. The van der Waals surface area contributed by atoms with Crippen LogP contribution in [0.1, 0.15) is 38.3 Å². The number of carbonyl (C=O) groups is 2. The van der Waals surface area contributed by atoms with Crippen LogP contribution in [0.25, 0.3) is 11.6 Å². The van der Waals surface area contributed by atoms with E-state index < -0.39 is 23.4 Å². The Morgan fingerprint density at radius 1 is 1.17 bits per heavy atom. The molecule has 0 bridgehead atoms. The molecule has 0 saturated carbocycles. The number of rotatable bonds is 8. The zero-order valence-electron chi connectivity index (χ0n) is 20.8. The lowest BCUT2D eigenvalue weighted by molar-refractivity contribution is -0.128. The van der Waals surface area contributed by atoms with Crippen molar-refractivity contribution in [2.75, 3.05) is 12.0 Å². The first-order chi connectivity index (χ1) is 17.1. The number of hydrogen-bond acceptors (Lipinski definition) is 8. The molecule has 0 aliphatic rings. The molecule has 0 aliphatic heterocycles. The maximum absolute atomic E-state index is 13.8. The summed E-state index contributed by atoms with van der Waals surface area (Å²) in [5.74, 6) is 1.33. The molecule has 11 heteroatoms. The quantitative estimate of drug-likeness (QED) is 0.396. The van der Waals surface area contributed by atoms with Gasteiger partial charge in [-0.1, -0.05) is 6.07 Å². The van der Waals surface area contributed by atoms with Gasteiger partial charge in [-0.25, -0.2) is 0 Å². The number of anilines is 1. The van der Waals surface area contributed by atoms with Gasteiger partial charge >= 0.3 is 0 Å². The van der Waals surface area contributed by atoms with Gasteiger partial charge in [0.2, 0.25) is 5.82 Å². The van der Waals surface area contributed by atoms with Gasteiger partial charge in [-0.15, -0.1) is 10.2 Å². The molecule has 3 aromatic heterocycles. The maximum Gasteiger partial charge on any atom is 0.251 e. The molecule has 2 amide bonds. The Balaban J connectivity index is 1.72. The number of ether oxygens (including phenoxy) is 1. The standard InChI is InChI=1S/C25H28N6O5/c1-16-11-12-20(36-16)23-27-29-30(28-23)15-21(32)31(17-8-6-9-18(14-17)34-5)22(19-10-7-13-35-19)24(33)26-25(2,3)4/h6-14,22H,15H2,1-5H3,(H,26,33)/t22-/m1/s1. The van der Waals surface area contributed by atoms with Crippen LogP contribution < -0.4 is 15.0 Å². The molecule has 0 aliphatic carbocycles. The fourth-order valence-corrected chi connectivity index (χ4v) is 3.62. The molecular weight excluding hydrogens is 464 g/mol. The fraction of sp³-hybridized carbons (Fsp3) is 0.320. The summed E-state index contributed by atoms with van der Waals surface area (Å²) < 4.78 is 16.5. The Bertz CT molecular complexity index is 1330. The van der Waals surface area contributed by atoms with E-state index in [1.165, 1.54) is 18.3 Å². The third-order valence-electron chi connectivity index (χ3n) is 5.11. The lowest BCUT2D eigenvalue weighted by Gasteiger charge is -2.32. The smallest absolute Gasteiger partial charge is 0.251 e. The minimum absolute atomic E-state index is 0.247. The van der Waals surface area contributed by atoms with Crippen molar-refractivity contribution in [1.29, 1.82) is 0 Å². The summed E-state index contributed by atoms with van der Waals surface area (Å²) in [4.78, 5) is 29.8. The van der Waals surface area contributed by atoms with Crippen molar-refractivity contribution >= 4 is 17.5 Å². The normalized spacial score (nSPS) is 12.2. The number of nitrogens with zero attached hydrogens (tertiary/aromatic N) is 5. The Morgan fingerprint density at radius 3 is 2.61 bits per heavy atom. The Hall–Kier alpha value is -4.41. The van der Waals surface area contributed by atoms with Gasteiger partial charge in [0.05, 0.1) is 13.4 Å². The summed E-state index contributed by atoms with van der Waals surface area (Å²) in [5.41, 5.74) is -0.110. The zero-order chi connectivity index (χ0) is 25.9. The molecule has 4 aromatic rings. The molecule has 1 aromatic carbocycles. The number of amides is 2. The van der Waals surface area contributed by atoms with E-state index in [4.69, 9.17) is 13.6 Å². The predicted octanol–water partition coefficient (Wildman–Crippen LogP) is 3.53. The molecule has 0 radical (unpaired) electrons. The summed E-state index contributed by atoms with van der Waals surface area (Å²) in [7, 11) is 1.53. The van der Waals surface area contributed by atoms with Crippen LogP contribution in [0.2, 0.25) is 0 Å². The van der Waals surface area contributed by atoms with Crippen molar-refractivity contribution in [2.45, 2.75) is 45.8 Å². The van der Waals surface area contributed by atoms with Gasteiger partial charge in [0, 0.05) is 17.3 Å². The van der Waals surface area contributed by atoms with Crippen LogP contribution in [0.4, 0.5) is 5.69 Å². The molecule has 0 spiro atoms. The second-order valence-electron chi connectivity index (χ2n) is 9.18. The molecule has 3 heterocycles. The number of nitrogens with one attached hydrogen (secondary N) is 1. The lowest BCUT2D eigenvalue weighted by Crippen LogP contribution is -2.50. The maximum atomic E-state index is 13.8. The second kappa shape index (κ2) is 10.1. The van der Waals surface area contributed by atoms with Crippen molar-refractivity contribution in [3.05, 3.63) is 66.3 Å². The van der Waals surface area contributed by atoms with Gasteiger partial charge in [0.25, 0.3) is 11.8 Å². The largest absolute Gasteiger partial charge is 0.497 e. The third-order valence-corrected chi connectivity index (χ3v) is 5.11. The van der Waals surface area contributed by atoms with Crippen LogP contribution in [0, 0.1) is 6.92 Å². The average Bonchev–Trinajstić information content (AvgIpc) is 3.58. The number of aryl methyl sites for hydroxylation is 1. The first kappa shape index (κ1) is 24.7. The number of benzene rings is 1. The highest BCUT2D eigenvalue weighted by Gasteiger charge is 2.36. The van der Waals surface area contributed by atoms with E-state index in [2.05, 4.69) is 20.7 Å². The van der Waals surface area contributed by atoms with Crippen molar-refractivity contribution < 1.29 is 23.2 Å². The van der Waals surface area contributed by atoms with Gasteiger partial charge in [-0.2, -0.15) is 4.80 Å². The average molecular weight is 493 g/mol. The van der Waals surface area contributed by atoms with E-state index >= 15 is 0 Å². The molecule has 0 unspecified atom stereocenters. The van der Waals surface area contributed by atoms with E-state index in [0.29, 0.717) is 28.7 Å². The van der Waals surface area contributed by atoms with Gasteiger partial charge in [0.1, 0.15) is 23.8 Å². The SMILES string of the molecule is COc1cccc(N(C(=O)Cn2nnc(-c3ccc(C)o3)n2)[C@@H](C(=O)NC(C)(C)C)c2ccco2)c1. The van der Waals surface area contributed by atoms with E-state index in [0.717, 1.165) is 4.80 Å². The van der Waals surface area contributed by atoms with Crippen molar-refractivity contribution in [3.63, 3.8) is 0 Å². The number of aromatic nitrogens is 4. The van der Waals surface area contributed by atoms with Crippen molar-refractivity contribution in [2.24, 2.45) is 0 Å². The van der Waals surface area contributed by atoms with E-state index in [9.17, 15) is 9.59 Å². The topological polar surface area (TPSA) is 129 Å². The highest BCUT2D eigenvalue weighted by molar-refractivity contribution is 6.01. The van der Waals surface area contributed by atoms with Gasteiger partial charge in [-0.3, -0.25) is 14.5 Å². The minimum atomic E-state index is -1.10. The van der Waals surface area contributed by atoms with Gasteiger partial charge in [-0.05, 0) is 69.3 Å². The Labute approximate surface area is 208 Å². The molecule has 1 atom stereocenters. The van der Waals surface area contributed by atoms with E-state index in [-0.39, 0.29) is 12.4 Å². The van der Waals surface area contributed by atoms with Gasteiger partial charge in [0.15, 0.2) is 11.8 Å². The lowest BCUT2D eigenvalue weighted by atomic mass is 10.1. The van der Waals surface area contributed by atoms with Gasteiger partial charge < -0.3 is 18.9 Å². The second-order valence-corrected chi connectivity index (χ2v) is 9.18. The molecule has 11 nitrogen and oxygen atoms in total. The Morgan fingerprint density at radius 2 is 1.97 bits per heavy atom. The number of methoxy groups -OCH3 is 1. The number of furan rings is 2. The predicted molar refractivity (Wildman–Crippen MR) is 130 cm³/mol. The van der Waals surface area contributed by atoms with Crippen LogP contribution in [-0.4, -0.2) is 44.7 Å². The van der Waals surface area contributed by atoms with Crippen LogP contribution in [0.3, 0.4) is 0 Å². The number of tetrazole rings is 1.